The minimum Gasteiger partial charge on any atom is -0.389 e. The molecular formula is C10H8BrN3S. The lowest BCUT2D eigenvalue weighted by molar-refractivity contribution is 0.878. The van der Waals surface area contributed by atoms with E-state index in [-0.39, 0.29) is 0 Å². The third kappa shape index (κ3) is 2.08. The number of rotatable bonds is 2. The van der Waals surface area contributed by atoms with Gasteiger partial charge in [-0.25, -0.2) is 4.68 Å². The number of nitrogens with two attached hydrogens (primary N) is 1. The van der Waals surface area contributed by atoms with Crippen LogP contribution in [0.5, 0.6) is 0 Å². The number of benzene rings is 1. The quantitative estimate of drug-likeness (QED) is 0.859. The molecule has 1 aromatic carbocycles. The molecule has 0 bridgehead atoms. The summed E-state index contributed by atoms with van der Waals surface area (Å²) in [5.74, 6) is 0. The molecule has 2 rings (SSSR count). The number of thiocarbonyl (C=S) groups is 1. The third-order valence-corrected chi connectivity index (χ3v) is 2.69. The summed E-state index contributed by atoms with van der Waals surface area (Å²) in [7, 11) is 0. The molecule has 5 heteroatoms. The van der Waals surface area contributed by atoms with Crippen LogP contribution in [-0.2, 0) is 0 Å². The van der Waals surface area contributed by atoms with Crippen molar-refractivity contribution in [3.8, 4) is 5.69 Å². The number of hydrogen-bond acceptors (Lipinski definition) is 2. The lowest BCUT2D eigenvalue weighted by atomic mass is 10.2. The van der Waals surface area contributed by atoms with Gasteiger partial charge >= 0.3 is 0 Å². The first-order valence-electron chi connectivity index (χ1n) is 4.28. The fraction of sp³-hybridized carbons (Fsp3) is 0. The van der Waals surface area contributed by atoms with Crippen molar-refractivity contribution < 1.29 is 0 Å². The van der Waals surface area contributed by atoms with E-state index in [9.17, 15) is 0 Å². The van der Waals surface area contributed by atoms with E-state index < -0.39 is 0 Å². The van der Waals surface area contributed by atoms with Gasteiger partial charge in [0.05, 0.1) is 5.69 Å². The first kappa shape index (κ1) is 10.3. The van der Waals surface area contributed by atoms with Crippen LogP contribution in [0.15, 0.2) is 41.1 Å². The van der Waals surface area contributed by atoms with E-state index in [2.05, 4.69) is 21.0 Å². The van der Waals surface area contributed by atoms with Crippen LogP contribution < -0.4 is 5.73 Å². The fourth-order valence-electron chi connectivity index (χ4n) is 1.31. The van der Waals surface area contributed by atoms with Crippen molar-refractivity contribution >= 4 is 33.1 Å². The van der Waals surface area contributed by atoms with Crippen LogP contribution in [-0.4, -0.2) is 14.8 Å². The molecule has 0 amide bonds. The summed E-state index contributed by atoms with van der Waals surface area (Å²) in [4.78, 5) is 0.369. The molecule has 0 atom stereocenters. The summed E-state index contributed by atoms with van der Waals surface area (Å²) >= 11 is 8.39. The normalized spacial score (nSPS) is 10.2. The predicted molar refractivity (Wildman–Crippen MR) is 67.2 cm³/mol. The lowest BCUT2D eigenvalue weighted by Crippen LogP contribution is -2.13. The summed E-state index contributed by atoms with van der Waals surface area (Å²) in [5.41, 5.74) is 7.34. The predicted octanol–water partition coefficient (Wildman–Crippen LogP) is 2.27. The number of nitrogens with zero attached hydrogens (tertiary/aromatic N) is 2. The Bertz CT molecular complexity index is 493. The molecule has 0 saturated heterocycles. The van der Waals surface area contributed by atoms with E-state index in [1.54, 1.807) is 10.9 Å². The van der Waals surface area contributed by atoms with Crippen LogP contribution in [0, 0.1) is 0 Å². The van der Waals surface area contributed by atoms with E-state index in [0.717, 1.165) is 15.7 Å². The van der Waals surface area contributed by atoms with Gasteiger partial charge in [-0.1, -0.05) is 28.1 Å². The molecular weight excluding hydrogens is 274 g/mol. The Morgan fingerprint density at radius 1 is 1.47 bits per heavy atom. The van der Waals surface area contributed by atoms with Gasteiger partial charge in [0.1, 0.15) is 4.99 Å². The highest BCUT2D eigenvalue weighted by atomic mass is 79.9. The van der Waals surface area contributed by atoms with Gasteiger partial charge in [0.15, 0.2) is 0 Å². The summed E-state index contributed by atoms with van der Waals surface area (Å²) in [6.07, 6.45) is 3.56. The lowest BCUT2D eigenvalue weighted by Gasteiger charge is -2.08. The van der Waals surface area contributed by atoms with Gasteiger partial charge in [0, 0.05) is 22.4 Å². The van der Waals surface area contributed by atoms with Crippen LogP contribution in [0.2, 0.25) is 0 Å². The summed E-state index contributed by atoms with van der Waals surface area (Å²) < 4.78 is 2.70. The Morgan fingerprint density at radius 3 is 2.87 bits per heavy atom. The van der Waals surface area contributed by atoms with E-state index in [1.807, 2.05) is 30.5 Å². The summed E-state index contributed by atoms with van der Waals surface area (Å²) in [6, 6.07) is 7.57. The molecule has 76 valence electrons. The molecule has 15 heavy (non-hydrogen) atoms. The monoisotopic (exact) mass is 281 g/mol. The van der Waals surface area contributed by atoms with Crippen molar-refractivity contribution in [2.75, 3.05) is 0 Å². The zero-order chi connectivity index (χ0) is 10.8. The molecule has 0 radical (unpaired) electrons. The highest BCUT2D eigenvalue weighted by molar-refractivity contribution is 9.10. The van der Waals surface area contributed by atoms with Crippen LogP contribution in [0.4, 0.5) is 0 Å². The maximum absolute atomic E-state index is 5.65. The van der Waals surface area contributed by atoms with E-state index in [0.29, 0.717) is 4.99 Å². The molecule has 0 spiro atoms. The highest BCUT2D eigenvalue weighted by Crippen LogP contribution is 2.19. The molecule has 0 fully saturated rings. The second-order valence-corrected chi connectivity index (χ2v) is 4.33. The minimum absolute atomic E-state index is 0.369. The Kier molecular flexibility index (Phi) is 2.83. The van der Waals surface area contributed by atoms with Crippen molar-refractivity contribution in [2.24, 2.45) is 5.73 Å². The molecule has 1 aromatic heterocycles. The van der Waals surface area contributed by atoms with Gasteiger partial charge in [-0.2, -0.15) is 5.10 Å². The Labute approximate surface area is 101 Å². The number of hydrogen-bond donors (Lipinski definition) is 1. The van der Waals surface area contributed by atoms with Crippen molar-refractivity contribution in [2.45, 2.75) is 0 Å². The first-order chi connectivity index (χ1) is 7.18. The zero-order valence-electron chi connectivity index (χ0n) is 7.72. The highest BCUT2D eigenvalue weighted by Gasteiger charge is 2.07. The van der Waals surface area contributed by atoms with Crippen LogP contribution in [0.3, 0.4) is 0 Å². The molecule has 3 nitrogen and oxygen atoms in total. The Hall–Kier alpha value is -1.20. The molecule has 1 heterocycles. The van der Waals surface area contributed by atoms with Gasteiger partial charge in [-0.15, -0.1) is 0 Å². The number of halogens is 1. The first-order valence-corrected chi connectivity index (χ1v) is 5.48. The summed E-state index contributed by atoms with van der Waals surface area (Å²) in [5, 5.41) is 4.15. The second-order valence-electron chi connectivity index (χ2n) is 2.98. The largest absolute Gasteiger partial charge is 0.389 e. The van der Waals surface area contributed by atoms with Gasteiger partial charge in [0.2, 0.25) is 0 Å². The molecule has 0 aliphatic heterocycles. The SMILES string of the molecule is NC(=S)c1ccc(Br)cc1-n1cccn1. The molecule has 0 aliphatic rings. The molecule has 2 N–H and O–H groups in total. The standard InChI is InChI=1S/C10H8BrN3S/c11-7-2-3-8(10(12)15)9(6-7)14-5-1-4-13-14/h1-6H,(H2,12,15). The van der Waals surface area contributed by atoms with Crippen molar-refractivity contribution in [1.82, 2.24) is 9.78 Å². The smallest absolute Gasteiger partial charge is 0.106 e. The van der Waals surface area contributed by atoms with Gasteiger partial charge in [-0.05, 0) is 24.3 Å². The Morgan fingerprint density at radius 2 is 2.27 bits per heavy atom. The molecule has 0 aliphatic carbocycles. The zero-order valence-corrected chi connectivity index (χ0v) is 10.1. The maximum atomic E-state index is 5.65. The topological polar surface area (TPSA) is 43.8 Å². The minimum atomic E-state index is 0.369. The summed E-state index contributed by atoms with van der Waals surface area (Å²) in [6.45, 7) is 0. The van der Waals surface area contributed by atoms with Gasteiger partial charge in [0.25, 0.3) is 0 Å². The van der Waals surface area contributed by atoms with Crippen molar-refractivity contribution in [3.05, 3.63) is 46.7 Å². The van der Waals surface area contributed by atoms with Crippen LogP contribution in [0.25, 0.3) is 5.69 Å². The van der Waals surface area contributed by atoms with Crippen molar-refractivity contribution in [1.29, 1.82) is 0 Å². The molecule has 0 saturated carbocycles. The van der Waals surface area contributed by atoms with Gasteiger partial charge < -0.3 is 5.73 Å². The Balaban J connectivity index is 2.63. The number of aromatic nitrogens is 2. The second kappa shape index (κ2) is 4.12. The maximum Gasteiger partial charge on any atom is 0.106 e. The third-order valence-electron chi connectivity index (χ3n) is 1.98. The fourth-order valence-corrected chi connectivity index (χ4v) is 1.84. The van der Waals surface area contributed by atoms with Crippen LogP contribution >= 0.6 is 28.1 Å². The van der Waals surface area contributed by atoms with E-state index in [1.165, 1.54) is 0 Å². The average molecular weight is 282 g/mol. The molecule has 0 unspecified atom stereocenters. The van der Waals surface area contributed by atoms with E-state index in [4.69, 9.17) is 18.0 Å². The average Bonchev–Trinajstić information content (AvgIpc) is 2.69. The van der Waals surface area contributed by atoms with Crippen molar-refractivity contribution in [3.63, 3.8) is 0 Å². The van der Waals surface area contributed by atoms with Gasteiger partial charge in [-0.3, -0.25) is 0 Å². The molecule has 2 aromatic rings. The van der Waals surface area contributed by atoms with Crippen LogP contribution in [0.1, 0.15) is 5.56 Å². The van der Waals surface area contributed by atoms with E-state index >= 15 is 0 Å².